The monoisotopic (exact) mass is 294 g/mol. The van der Waals surface area contributed by atoms with Gasteiger partial charge in [0, 0.05) is 33.4 Å². The number of methoxy groups -OCH3 is 2. The van der Waals surface area contributed by atoms with Crippen molar-refractivity contribution in [3.05, 3.63) is 23.8 Å². The molecule has 0 bridgehead atoms. The van der Waals surface area contributed by atoms with Crippen LogP contribution in [0, 0.1) is 0 Å². The Kier molecular flexibility index (Phi) is 6.79. The van der Waals surface area contributed by atoms with Crippen LogP contribution in [0.25, 0.3) is 0 Å². The normalized spacial score (nSPS) is 15.2. The van der Waals surface area contributed by atoms with Crippen molar-refractivity contribution in [2.24, 2.45) is 0 Å². The molecule has 1 aliphatic heterocycles. The summed E-state index contributed by atoms with van der Waals surface area (Å²) in [4.78, 5) is 2.32. The van der Waals surface area contributed by atoms with Gasteiger partial charge < -0.3 is 24.4 Å². The van der Waals surface area contributed by atoms with Crippen molar-refractivity contribution in [1.82, 2.24) is 5.32 Å². The summed E-state index contributed by atoms with van der Waals surface area (Å²) in [5, 5.41) is 3.42. The molecule has 1 fully saturated rings. The largest absolute Gasteiger partial charge is 0.495 e. The molecular weight excluding hydrogens is 268 g/mol. The van der Waals surface area contributed by atoms with Crippen LogP contribution in [0.3, 0.4) is 0 Å². The van der Waals surface area contributed by atoms with E-state index < -0.39 is 0 Å². The predicted octanol–water partition coefficient (Wildman–Crippen LogP) is 1.66. The van der Waals surface area contributed by atoms with E-state index in [1.54, 1.807) is 14.2 Å². The van der Waals surface area contributed by atoms with Crippen molar-refractivity contribution >= 4 is 5.69 Å². The van der Waals surface area contributed by atoms with Crippen molar-refractivity contribution in [3.63, 3.8) is 0 Å². The minimum absolute atomic E-state index is 0.784. The molecule has 0 aliphatic carbocycles. The van der Waals surface area contributed by atoms with Gasteiger partial charge in [0.1, 0.15) is 5.75 Å². The minimum Gasteiger partial charge on any atom is -0.495 e. The molecule has 0 aromatic heterocycles. The second kappa shape index (κ2) is 8.87. The molecule has 5 nitrogen and oxygen atoms in total. The maximum absolute atomic E-state index is 5.55. The van der Waals surface area contributed by atoms with E-state index in [-0.39, 0.29) is 0 Å². The number of anilines is 1. The van der Waals surface area contributed by atoms with Crippen LogP contribution in [0.1, 0.15) is 12.0 Å². The Morgan fingerprint density at radius 3 is 2.76 bits per heavy atom. The van der Waals surface area contributed by atoms with Crippen LogP contribution in [0.5, 0.6) is 5.75 Å². The summed E-state index contributed by atoms with van der Waals surface area (Å²) in [6, 6.07) is 6.43. The zero-order valence-electron chi connectivity index (χ0n) is 13.1. The van der Waals surface area contributed by atoms with E-state index in [4.69, 9.17) is 14.2 Å². The third-order valence-corrected chi connectivity index (χ3v) is 3.63. The fraction of sp³-hybridized carbons (Fsp3) is 0.625. The molecule has 0 radical (unpaired) electrons. The molecule has 0 atom stereocenters. The van der Waals surface area contributed by atoms with Gasteiger partial charge in [-0.05, 0) is 30.7 Å². The van der Waals surface area contributed by atoms with Gasteiger partial charge in [0.05, 0.1) is 26.0 Å². The van der Waals surface area contributed by atoms with E-state index in [0.717, 1.165) is 63.9 Å². The highest BCUT2D eigenvalue weighted by molar-refractivity contribution is 5.60. The molecular formula is C16H26N2O3. The van der Waals surface area contributed by atoms with Crippen LogP contribution in [0.4, 0.5) is 5.69 Å². The van der Waals surface area contributed by atoms with Gasteiger partial charge in [-0.3, -0.25) is 0 Å². The van der Waals surface area contributed by atoms with E-state index >= 15 is 0 Å². The third-order valence-electron chi connectivity index (χ3n) is 3.63. The van der Waals surface area contributed by atoms with Crippen LogP contribution >= 0.6 is 0 Å². The highest BCUT2D eigenvalue weighted by atomic mass is 16.5. The molecule has 1 saturated heterocycles. The van der Waals surface area contributed by atoms with Gasteiger partial charge in [0.25, 0.3) is 0 Å². The molecule has 1 heterocycles. The second-order valence-corrected chi connectivity index (χ2v) is 5.13. The first kappa shape index (κ1) is 16.1. The average molecular weight is 294 g/mol. The lowest BCUT2D eigenvalue weighted by Gasteiger charge is -2.30. The lowest BCUT2D eigenvalue weighted by Crippen LogP contribution is -2.36. The molecule has 5 heteroatoms. The van der Waals surface area contributed by atoms with Crippen molar-refractivity contribution in [3.8, 4) is 5.75 Å². The van der Waals surface area contributed by atoms with Crippen LogP contribution in [-0.2, 0) is 16.0 Å². The summed E-state index contributed by atoms with van der Waals surface area (Å²) in [5.74, 6) is 0.938. The highest BCUT2D eigenvalue weighted by Crippen LogP contribution is 2.29. The Labute approximate surface area is 127 Å². The molecule has 0 amide bonds. The first-order chi connectivity index (χ1) is 10.3. The number of morpholine rings is 1. The number of hydrogen-bond donors (Lipinski definition) is 1. The highest BCUT2D eigenvalue weighted by Gasteiger charge is 2.15. The van der Waals surface area contributed by atoms with Crippen molar-refractivity contribution in [2.75, 3.05) is 58.6 Å². The Morgan fingerprint density at radius 1 is 1.24 bits per heavy atom. The summed E-state index contributed by atoms with van der Waals surface area (Å²) in [7, 11) is 3.46. The van der Waals surface area contributed by atoms with Gasteiger partial charge in [-0.1, -0.05) is 6.07 Å². The first-order valence-corrected chi connectivity index (χ1v) is 7.54. The van der Waals surface area contributed by atoms with Gasteiger partial charge in [-0.25, -0.2) is 0 Å². The molecule has 118 valence electrons. The maximum Gasteiger partial charge on any atom is 0.142 e. The summed E-state index contributed by atoms with van der Waals surface area (Å²) in [5.41, 5.74) is 2.39. The number of nitrogens with zero attached hydrogens (tertiary/aromatic N) is 1. The standard InChI is InChI=1S/C16H26N2O3/c1-19-9-3-6-17-13-14-4-5-15(16(12-14)20-2)18-7-10-21-11-8-18/h4-5,12,17H,3,6-11,13H2,1-2H3. The molecule has 1 aromatic rings. The SMILES string of the molecule is COCCCNCc1ccc(N2CCOCC2)c(OC)c1. The topological polar surface area (TPSA) is 43.0 Å². The van der Waals surface area contributed by atoms with Gasteiger partial charge >= 0.3 is 0 Å². The van der Waals surface area contributed by atoms with Gasteiger partial charge in [0.15, 0.2) is 0 Å². The minimum atomic E-state index is 0.784. The summed E-state index contributed by atoms with van der Waals surface area (Å²) >= 11 is 0. The van der Waals surface area contributed by atoms with E-state index in [9.17, 15) is 0 Å². The van der Waals surface area contributed by atoms with Crippen molar-refractivity contribution < 1.29 is 14.2 Å². The molecule has 21 heavy (non-hydrogen) atoms. The summed E-state index contributed by atoms with van der Waals surface area (Å²) in [6.45, 7) is 6.02. The van der Waals surface area contributed by atoms with Crippen molar-refractivity contribution in [2.45, 2.75) is 13.0 Å². The number of ether oxygens (including phenoxy) is 3. The van der Waals surface area contributed by atoms with Crippen molar-refractivity contribution in [1.29, 1.82) is 0 Å². The van der Waals surface area contributed by atoms with Gasteiger partial charge in [-0.2, -0.15) is 0 Å². The predicted molar refractivity (Wildman–Crippen MR) is 84.2 cm³/mol. The molecule has 1 N–H and O–H groups in total. The first-order valence-electron chi connectivity index (χ1n) is 7.54. The summed E-state index contributed by atoms with van der Waals surface area (Å²) in [6.07, 6.45) is 1.03. The van der Waals surface area contributed by atoms with E-state index in [1.165, 1.54) is 5.56 Å². The molecule has 1 aromatic carbocycles. The smallest absolute Gasteiger partial charge is 0.142 e. The van der Waals surface area contributed by atoms with E-state index in [1.807, 2.05) is 0 Å². The maximum atomic E-state index is 5.55. The number of benzene rings is 1. The average Bonchev–Trinajstić information content (AvgIpc) is 2.55. The van der Waals surface area contributed by atoms with Gasteiger partial charge in [0.2, 0.25) is 0 Å². The number of rotatable bonds is 8. The Bertz CT molecular complexity index is 420. The zero-order chi connectivity index (χ0) is 14.9. The number of nitrogens with one attached hydrogen (secondary N) is 1. The van der Waals surface area contributed by atoms with Crippen LogP contribution < -0.4 is 15.0 Å². The molecule has 0 unspecified atom stereocenters. The van der Waals surface area contributed by atoms with Crippen LogP contribution in [0.15, 0.2) is 18.2 Å². The molecule has 0 spiro atoms. The lowest BCUT2D eigenvalue weighted by molar-refractivity contribution is 0.122. The Hall–Kier alpha value is -1.30. The van der Waals surface area contributed by atoms with E-state index in [0.29, 0.717) is 0 Å². The fourth-order valence-corrected chi connectivity index (χ4v) is 2.47. The molecule has 1 aliphatic rings. The number of hydrogen-bond acceptors (Lipinski definition) is 5. The Morgan fingerprint density at radius 2 is 2.05 bits per heavy atom. The Balaban J connectivity index is 1.92. The molecule has 2 rings (SSSR count). The van der Waals surface area contributed by atoms with Crippen LogP contribution in [0.2, 0.25) is 0 Å². The summed E-state index contributed by atoms with van der Waals surface area (Å²) < 4.78 is 16.0. The van der Waals surface area contributed by atoms with Crippen LogP contribution in [-0.4, -0.2) is 53.7 Å². The molecule has 0 saturated carbocycles. The third kappa shape index (κ3) is 4.88. The quantitative estimate of drug-likeness (QED) is 0.739. The van der Waals surface area contributed by atoms with Gasteiger partial charge in [-0.15, -0.1) is 0 Å². The lowest BCUT2D eigenvalue weighted by atomic mass is 10.1. The zero-order valence-corrected chi connectivity index (χ0v) is 13.1. The second-order valence-electron chi connectivity index (χ2n) is 5.13. The fourth-order valence-electron chi connectivity index (χ4n) is 2.47. The van der Waals surface area contributed by atoms with E-state index in [2.05, 4.69) is 28.4 Å².